The molecule has 1 aliphatic heterocycles. The van der Waals surface area contributed by atoms with Gasteiger partial charge in [0.25, 0.3) is 0 Å². The molecule has 1 saturated heterocycles. The SMILES string of the molecule is CCC(C)[C@H](N)C(=O)NC1(C)CCOC1. The molecule has 4 heteroatoms. The van der Waals surface area contributed by atoms with Crippen LogP contribution in [-0.2, 0) is 9.53 Å². The van der Waals surface area contributed by atoms with Crippen molar-refractivity contribution in [2.24, 2.45) is 11.7 Å². The standard InChI is InChI=1S/C11H22N2O2/c1-4-8(2)9(12)10(14)13-11(3)5-6-15-7-11/h8-9H,4-7,12H2,1-3H3,(H,13,14)/t8?,9-,11?/m0/s1. The molecule has 3 atom stereocenters. The Morgan fingerprint density at radius 2 is 2.33 bits per heavy atom. The predicted molar refractivity (Wildman–Crippen MR) is 59.4 cm³/mol. The monoisotopic (exact) mass is 214 g/mol. The maximum Gasteiger partial charge on any atom is 0.237 e. The molecule has 0 saturated carbocycles. The van der Waals surface area contributed by atoms with Crippen LogP contribution >= 0.6 is 0 Å². The Morgan fingerprint density at radius 1 is 1.67 bits per heavy atom. The van der Waals surface area contributed by atoms with Crippen molar-refractivity contribution in [2.75, 3.05) is 13.2 Å². The fraction of sp³-hybridized carbons (Fsp3) is 0.909. The summed E-state index contributed by atoms with van der Waals surface area (Å²) in [6.07, 6.45) is 1.79. The van der Waals surface area contributed by atoms with Gasteiger partial charge in [-0.2, -0.15) is 0 Å². The van der Waals surface area contributed by atoms with Crippen molar-refractivity contribution < 1.29 is 9.53 Å². The van der Waals surface area contributed by atoms with Crippen molar-refractivity contribution in [3.8, 4) is 0 Å². The number of amides is 1. The first-order valence-electron chi connectivity index (χ1n) is 5.64. The number of hydrogen-bond acceptors (Lipinski definition) is 3. The molecule has 0 bridgehead atoms. The molecule has 1 fully saturated rings. The van der Waals surface area contributed by atoms with Gasteiger partial charge in [-0.15, -0.1) is 0 Å². The Balaban J connectivity index is 2.47. The quantitative estimate of drug-likeness (QED) is 0.722. The lowest BCUT2D eigenvalue weighted by atomic mass is 9.96. The molecule has 1 aliphatic rings. The molecule has 1 heterocycles. The molecule has 0 aromatic carbocycles. The highest BCUT2D eigenvalue weighted by Crippen LogP contribution is 2.18. The zero-order chi connectivity index (χ0) is 11.5. The topological polar surface area (TPSA) is 64.4 Å². The fourth-order valence-electron chi connectivity index (χ4n) is 1.66. The van der Waals surface area contributed by atoms with Crippen LogP contribution in [0.15, 0.2) is 0 Å². The van der Waals surface area contributed by atoms with E-state index in [1.54, 1.807) is 0 Å². The van der Waals surface area contributed by atoms with Crippen molar-refractivity contribution in [2.45, 2.75) is 45.2 Å². The summed E-state index contributed by atoms with van der Waals surface area (Å²) < 4.78 is 5.27. The Kier molecular flexibility index (Phi) is 4.11. The van der Waals surface area contributed by atoms with Crippen LogP contribution in [0, 0.1) is 5.92 Å². The van der Waals surface area contributed by atoms with E-state index in [1.165, 1.54) is 0 Å². The van der Waals surface area contributed by atoms with Crippen LogP contribution in [0.25, 0.3) is 0 Å². The first-order chi connectivity index (χ1) is 6.98. The summed E-state index contributed by atoms with van der Waals surface area (Å²) in [4.78, 5) is 11.8. The van der Waals surface area contributed by atoms with Crippen molar-refractivity contribution in [1.29, 1.82) is 0 Å². The lowest BCUT2D eigenvalue weighted by molar-refractivity contribution is -0.125. The summed E-state index contributed by atoms with van der Waals surface area (Å²) >= 11 is 0. The number of carbonyl (C=O) groups is 1. The van der Waals surface area contributed by atoms with Gasteiger partial charge in [0.2, 0.25) is 5.91 Å². The van der Waals surface area contributed by atoms with Gasteiger partial charge in [-0.1, -0.05) is 20.3 Å². The molecule has 0 radical (unpaired) electrons. The zero-order valence-electron chi connectivity index (χ0n) is 9.88. The third-order valence-corrected chi connectivity index (χ3v) is 3.20. The normalized spacial score (nSPS) is 29.9. The van der Waals surface area contributed by atoms with Crippen molar-refractivity contribution in [1.82, 2.24) is 5.32 Å². The summed E-state index contributed by atoms with van der Waals surface area (Å²) in [6.45, 7) is 7.35. The molecule has 0 aromatic heterocycles. The second-order valence-electron chi connectivity index (χ2n) is 4.76. The van der Waals surface area contributed by atoms with Crippen molar-refractivity contribution >= 4 is 5.91 Å². The summed E-state index contributed by atoms with van der Waals surface area (Å²) in [5.41, 5.74) is 5.64. The summed E-state index contributed by atoms with van der Waals surface area (Å²) in [6, 6.07) is -0.410. The van der Waals surface area contributed by atoms with Gasteiger partial charge in [-0.3, -0.25) is 4.79 Å². The molecule has 2 unspecified atom stereocenters. The van der Waals surface area contributed by atoms with Crippen molar-refractivity contribution in [3.05, 3.63) is 0 Å². The molecule has 0 aromatic rings. The number of carbonyl (C=O) groups excluding carboxylic acids is 1. The van der Waals surface area contributed by atoms with E-state index in [-0.39, 0.29) is 17.4 Å². The van der Waals surface area contributed by atoms with Gasteiger partial charge >= 0.3 is 0 Å². The van der Waals surface area contributed by atoms with E-state index in [1.807, 2.05) is 20.8 Å². The second-order valence-corrected chi connectivity index (χ2v) is 4.76. The zero-order valence-corrected chi connectivity index (χ0v) is 9.88. The van der Waals surface area contributed by atoms with Gasteiger partial charge in [0, 0.05) is 6.61 Å². The van der Waals surface area contributed by atoms with Gasteiger partial charge in [0.1, 0.15) is 0 Å². The molecule has 0 aliphatic carbocycles. The number of nitrogens with two attached hydrogens (primary N) is 1. The summed E-state index contributed by atoms with van der Waals surface area (Å²) in [5.74, 6) is 0.160. The lowest BCUT2D eigenvalue weighted by Gasteiger charge is -2.27. The number of ether oxygens (including phenoxy) is 1. The molecule has 1 amide bonds. The highest BCUT2D eigenvalue weighted by atomic mass is 16.5. The minimum Gasteiger partial charge on any atom is -0.379 e. The minimum absolute atomic E-state index is 0.0580. The first kappa shape index (κ1) is 12.5. The smallest absolute Gasteiger partial charge is 0.237 e. The van der Waals surface area contributed by atoms with Gasteiger partial charge in [-0.05, 0) is 19.3 Å². The summed E-state index contributed by atoms with van der Waals surface area (Å²) in [5, 5.41) is 2.98. The molecular weight excluding hydrogens is 192 g/mol. The van der Waals surface area contributed by atoms with Crippen LogP contribution in [0.3, 0.4) is 0 Å². The third kappa shape index (κ3) is 3.18. The largest absolute Gasteiger partial charge is 0.379 e. The third-order valence-electron chi connectivity index (χ3n) is 3.20. The van der Waals surface area contributed by atoms with E-state index in [2.05, 4.69) is 5.32 Å². The number of hydrogen-bond donors (Lipinski definition) is 2. The maximum atomic E-state index is 11.8. The molecular formula is C11H22N2O2. The van der Waals surface area contributed by atoms with E-state index in [0.29, 0.717) is 6.61 Å². The Morgan fingerprint density at radius 3 is 2.80 bits per heavy atom. The molecule has 88 valence electrons. The Hall–Kier alpha value is -0.610. The molecule has 15 heavy (non-hydrogen) atoms. The summed E-state index contributed by atoms with van der Waals surface area (Å²) in [7, 11) is 0. The van der Waals surface area contributed by atoms with E-state index >= 15 is 0 Å². The van der Waals surface area contributed by atoms with E-state index in [4.69, 9.17) is 10.5 Å². The fourth-order valence-corrected chi connectivity index (χ4v) is 1.66. The van der Waals surface area contributed by atoms with Gasteiger partial charge < -0.3 is 15.8 Å². The van der Waals surface area contributed by atoms with Crippen LogP contribution in [-0.4, -0.2) is 30.7 Å². The van der Waals surface area contributed by atoms with Crippen LogP contribution in [0.4, 0.5) is 0 Å². The Labute approximate surface area is 91.5 Å². The number of nitrogens with one attached hydrogen (secondary N) is 1. The second kappa shape index (κ2) is 4.94. The predicted octanol–water partition coefficient (Wildman–Crippen LogP) is 0.655. The van der Waals surface area contributed by atoms with E-state index in [0.717, 1.165) is 19.4 Å². The van der Waals surface area contributed by atoms with E-state index in [9.17, 15) is 4.79 Å². The van der Waals surface area contributed by atoms with Gasteiger partial charge in [-0.25, -0.2) is 0 Å². The first-order valence-corrected chi connectivity index (χ1v) is 5.64. The van der Waals surface area contributed by atoms with Crippen molar-refractivity contribution in [3.63, 3.8) is 0 Å². The van der Waals surface area contributed by atoms with E-state index < -0.39 is 6.04 Å². The lowest BCUT2D eigenvalue weighted by Crippen LogP contribution is -2.54. The highest BCUT2D eigenvalue weighted by molar-refractivity contribution is 5.82. The average molecular weight is 214 g/mol. The maximum absolute atomic E-state index is 11.8. The minimum atomic E-state index is -0.410. The highest BCUT2D eigenvalue weighted by Gasteiger charge is 2.33. The average Bonchev–Trinajstić information content (AvgIpc) is 2.62. The molecule has 3 N–H and O–H groups in total. The van der Waals surface area contributed by atoms with Gasteiger partial charge in [0.15, 0.2) is 0 Å². The molecule has 0 spiro atoms. The van der Waals surface area contributed by atoms with Crippen LogP contribution in [0.5, 0.6) is 0 Å². The van der Waals surface area contributed by atoms with Crippen LogP contribution in [0.2, 0.25) is 0 Å². The Bertz CT molecular complexity index is 225. The molecule has 4 nitrogen and oxygen atoms in total. The molecule has 1 rings (SSSR count). The number of rotatable bonds is 4. The van der Waals surface area contributed by atoms with Crippen LogP contribution < -0.4 is 11.1 Å². The van der Waals surface area contributed by atoms with Gasteiger partial charge in [0.05, 0.1) is 18.2 Å². The van der Waals surface area contributed by atoms with Crippen LogP contribution in [0.1, 0.15) is 33.6 Å².